The molecule has 0 atom stereocenters. The first-order chi connectivity index (χ1) is 7.69. The number of rotatable bonds is 7. The van der Waals surface area contributed by atoms with E-state index in [1.807, 2.05) is 4.68 Å². The van der Waals surface area contributed by atoms with Crippen LogP contribution in [0.2, 0.25) is 0 Å². The third-order valence-electron chi connectivity index (χ3n) is 2.69. The molecule has 5 heteroatoms. The van der Waals surface area contributed by atoms with Crippen molar-refractivity contribution in [3.63, 3.8) is 0 Å². The van der Waals surface area contributed by atoms with Gasteiger partial charge >= 0.3 is 0 Å². The van der Waals surface area contributed by atoms with Crippen molar-refractivity contribution in [2.24, 2.45) is 5.92 Å². The topological polar surface area (TPSA) is 55.6 Å². The second-order valence-electron chi connectivity index (χ2n) is 4.53. The first kappa shape index (κ1) is 13.1. The first-order valence-corrected chi connectivity index (χ1v) is 6.16. The largest absolute Gasteiger partial charge is 0.310 e. The molecule has 1 N–H and O–H groups in total. The Balaban J connectivity index is 2.56. The number of hydrogen-bond acceptors (Lipinski definition) is 4. The van der Waals surface area contributed by atoms with Crippen molar-refractivity contribution in [1.29, 1.82) is 0 Å². The Morgan fingerprint density at radius 3 is 2.50 bits per heavy atom. The molecule has 0 saturated heterocycles. The lowest BCUT2D eigenvalue weighted by atomic mass is 10.2. The molecule has 0 aromatic carbocycles. The molecule has 0 aliphatic carbocycles. The zero-order valence-corrected chi connectivity index (χ0v) is 10.8. The van der Waals surface area contributed by atoms with Crippen LogP contribution in [-0.4, -0.2) is 26.8 Å². The Morgan fingerprint density at radius 2 is 1.94 bits per heavy atom. The molecule has 0 fully saturated rings. The molecule has 0 saturated carbocycles. The van der Waals surface area contributed by atoms with Crippen LogP contribution in [0.25, 0.3) is 0 Å². The Morgan fingerprint density at radius 1 is 1.25 bits per heavy atom. The third-order valence-corrected chi connectivity index (χ3v) is 2.69. The molecular weight excluding hydrogens is 202 g/mol. The van der Waals surface area contributed by atoms with E-state index in [1.165, 1.54) is 0 Å². The van der Waals surface area contributed by atoms with E-state index in [1.54, 1.807) is 0 Å². The zero-order valence-electron chi connectivity index (χ0n) is 10.8. The summed E-state index contributed by atoms with van der Waals surface area (Å²) >= 11 is 0. The fourth-order valence-electron chi connectivity index (χ4n) is 1.72. The molecule has 0 amide bonds. The minimum atomic E-state index is 0.422. The number of tetrazole rings is 1. The summed E-state index contributed by atoms with van der Waals surface area (Å²) < 4.78 is 1.95. The maximum atomic E-state index is 4.07. The normalized spacial score (nSPS) is 11.6. The molecule has 0 aliphatic heterocycles. The second kappa shape index (κ2) is 6.58. The number of aromatic nitrogens is 4. The summed E-state index contributed by atoms with van der Waals surface area (Å²) in [6, 6.07) is 0.422. The van der Waals surface area contributed by atoms with Gasteiger partial charge in [-0.3, -0.25) is 0 Å². The van der Waals surface area contributed by atoms with Gasteiger partial charge in [0.05, 0.1) is 12.6 Å². The van der Waals surface area contributed by atoms with E-state index in [4.69, 9.17) is 0 Å². The molecule has 0 spiro atoms. The van der Waals surface area contributed by atoms with Gasteiger partial charge in [-0.25, -0.2) is 4.68 Å². The third kappa shape index (κ3) is 3.56. The SMILES string of the molecule is CCC(CC)n1nnnc1CNCC(C)C. The van der Waals surface area contributed by atoms with Gasteiger partial charge < -0.3 is 5.32 Å². The highest BCUT2D eigenvalue weighted by Crippen LogP contribution is 2.14. The van der Waals surface area contributed by atoms with Crippen LogP contribution >= 0.6 is 0 Å². The van der Waals surface area contributed by atoms with Crippen molar-refractivity contribution < 1.29 is 0 Å². The van der Waals surface area contributed by atoms with Crippen molar-refractivity contribution in [1.82, 2.24) is 25.5 Å². The lowest BCUT2D eigenvalue weighted by Gasteiger charge is -2.14. The summed E-state index contributed by atoms with van der Waals surface area (Å²) in [6.45, 7) is 10.5. The van der Waals surface area contributed by atoms with Crippen LogP contribution in [0.15, 0.2) is 0 Å². The van der Waals surface area contributed by atoms with Crippen LogP contribution in [0.3, 0.4) is 0 Å². The predicted molar refractivity (Wildman–Crippen MR) is 64.0 cm³/mol. The Bertz CT molecular complexity index is 290. The van der Waals surface area contributed by atoms with Gasteiger partial charge in [0.25, 0.3) is 0 Å². The fraction of sp³-hybridized carbons (Fsp3) is 0.909. The van der Waals surface area contributed by atoms with Crippen LogP contribution in [0.5, 0.6) is 0 Å². The maximum Gasteiger partial charge on any atom is 0.165 e. The summed E-state index contributed by atoms with van der Waals surface area (Å²) in [7, 11) is 0. The van der Waals surface area contributed by atoms with Crippen molar-refractivity contribution in [3.05, 3.63) is 5.82 Å². The van der Waals surface area contributed by atoms with Crippen molar-refractivity contribution >= 4 is 0 Å². The van der Waals surface area contributed by atoms with Crippen LogP contribution in [0.4, 0.5) is 0 Å². The van der Waals surface area contributed by atoms with Crippen LogP contribution in [-0.2, 0) is 6.54 Å². The average Bonchev–Trinajstić information content (AvgIpc) is 2.68. The number of hydrogen-bond donors (Lipinski definition) is 1. The predicted octanol–water partition coefficient (Wildman–Crippen LogP) is 1.78. The quantitative estimate of drug-likeness (QED) is 0.768. The van der Waals surface area contributed by atoms with Crippen LogP contribution < -0.4 is 5.32 Å². The van der Waals surface area contributed by atoms with Crippen molar-refractivity contribution in [2.75, 3.05) is 6.54 Å². The molecule has 1 rings (SSSR count). The molecule has 1 aromatic heterocycles. The Hall–Kier alpha value is -0.970. The van der Waals surface area contributed by atoms with E-state index in [-0.39, 0.29) is 0 Å². The molecule has 5 nitrogen and oxygen atoms in total. The number of nitrogens with one attached hydrogen (secondary N) is 1. The highest BCUT2D eigenvalue weighted by atomic mass is 15.6. The van der Waals surface area contributed by atoms with Gasteiger partial charge in [-0.1, -0.05) is 27.7 Å². The van der Waals surface area contributed by atoms with Gasteiger partial charge in [-0.2, -0.15) is 0 Å². The summed E-state index contributed by atoms with van der Waals surface area (Å²) in [4.78, 5) is 0. The van der Waals surface area contributed by atoms with Gasteiger partial charge in [0.15, 0.2) is 5.82 Å². The molecule has 0 bridgehead atoms. The van der Waals surface area contributed by atoms with E-state index in [9.17, 15) is 0 Å². The Labute approximate surface area is 97.6 Å². The molecule has 0 unspecified atom stereocenters. The fourth-order valence-corrected chi connectivity index (χ4v) is 1.72. The minimum Gasteiger partial charge on any atom is -0.310 e. The average molecular weight is 225 g/mol. The maximum absolute atomic E-state index is 4.07. The molecule has 92 valence electrons. The van der Waals surface area contributed by atoms with Crippen LogP contribution in [0, 0.1) is 5.92 Å². The lowest BCUT2D eigenvalue weighted by Crippen LogP contribution is -2.23. The standard InChI is InChI=1S/C11H23N5/c1-5-10(6-2)16-11(13-14-15-16)8-12-7-9(3)4/h9-10,12H,5-8H2,1-4H3. The molecule has 0 aliphatic rings. The van der Waals surface area contributed by atoms with E-state index in [2.05, 4.69) is 48.5 Å². The van der Waals surface area contributed by atoms with E-state index in [0.29, 0.717) is 12.0 Å². The van der Waals surface area contributed by atoms with Crippen molar-refractivity contribution in [2.45, 2.75) is 53.1 Å². The van der Waals surface area contributed by atoms with E-state index >= 15 is 0 Å². The first-order valence-electron chi connectivity index (χ1n) is 6.16. The molecular formula is C11H23N5. The summed E-state index contributed by atoms with van der Waals surface area (Å²) in [6.07, 6.45) is 2.14. The zero-order chi connectivity index (χ0) is 12.0. The summed E-state index contributed by atoms with van der Waals surface area (Å²) in [5.74, 6) is 1.59. The molecule has 1 aromatic rings. The van der Waals surface area contributed by atoms with Gasteiger partial charge in [-0.05, 0) is 35.7 Å². The van der Waals surface area contributed by atoms with E-state index in [0.717, 1.165) is 31.8 Å². The van der Waals surface area contributed by atoms with Crippen molar-refractivity contribution in [3.8, 4) is 0 Å². The molecule has 16 heavy (non-hydrogen) atoms. The highest BCUT2D eigenvalue weighted by molar-refractivity contribution is 4.83. The highest BCUT2D eigenvalue weighted by Gasteiger charge is 2.13. The van der Waals surface area contributed by atoms with Gasteiger partial charge in [-0.15, -0.1) is 5.10 Å². The Kier molecular flexibility index (Phi) is 5.38. The lowest BCUT2D eigenvalue weighted by molar-refractivity contribution is 0.397. The minimum absolute atomic E-state index is 0.422. The molecule has 0 radical (unpaired) electrons. The van der Waals surface area contributed by atoms with Gasteiger partial charge in [0, 0.05) is 0 Å². The van der Waals surface area contributed by atoms with E-state index < -0.39 is 0 Å². The summed E-state index contributed by atoms with van der Waals surface area (Å²) in [5.41, 5.74) is 0. The molecule has 1 heterocycles. The van der Waals surface area contributed by atoms with Crippen LogP contribution in [0.1, 0.15) is 52.4 Å². The second-order valence-corrected chi connectivity index (χ2v) is 4.53. The van der Waals surface area contributed by atoms with Gasteiger partial charge in [0.2, 0.25) is 0 Å². The smallest absolute Gasteiger partial charge is 0.165 e. The van der Waals surface area contributed by atoms with Gasteiger partial charge in [0.1, 0.15) is 0 Å². The summed E-state index contributed by atoms with van der Waals surface area (Å²) in [5, 5.41) is 15.3. The number of nitrogens with zero attached hydrogens (tertiary/aromatic N) is 4. The monoisotopic (exact) mass is 225 g/mol.